The van der Waals surface area contributed by atoms with Crippen LogP contribution >= 0.6 is 0 Å². The van der Waals surface area contributed by atoms with Gasteiger partial charge in [-0.15, -0.1) is 0 Å². The largest absolute Gasteiger partial charge is 0.466 e. The molecule has 1 aromatic carbocycles. The van der Waals surface area contributed by atoms with Crippen LogP contribution in [0.2, 0.25) is 0 Å². The number of amides is 1. The Kier molecular flexibility index (Phi) is 6.78. The SMILES string of the molecule is CCOC(=O)CCC(=O)NC(C)Cc1c(F)cccc1F. The van der Waals surface area contributed by atoms with Crippen LogP contribution in [0.4, 0.5) is 8.78 Å². The molecule has 0 aromatic heterocycles. The van der Waals surface area contributed by atoms with Crippen molar-refractivity contribution in [2.24, 2.45) is 0 Å². The molecule has 1 N–H and O–H groups in total. The van der Waals surface area contributed by atoms with Crippen molar-refractivity contribution < 1.29 is 23.1 Å². The summed E-state index contributed by atoms with van der Waals surface area (Å²) >= 11 is 0. The van der Waals surface area contributed by atoms with Crippen LogP contribution in [0.25, 0.3) is 0 Å². The highest BCUT2D eigenvalue weighted by Crippen LogP contribution is 2.14. The summed E-state index contributed by atoms with van der Waals surface area (Å²) in [6.07, 6.45) is 0.0209. The lowest BCUT2D eigenvalue weighted by atomic mass is 10.1. The summed E-state index contributed by atoms with van der Waals surface area (Å²) in [4.78, 5) is 22.7. The van der Waals surface area contributed by atoms with Crippen molar-refractivity contribution in [3.8, 4) is 0 Å². The molecule has 116 valence electrons. The zero-order valence-corrected chi connectivity index (χ0v) is 12.1. The lowest BCUT2D eigenvalue weighted by Crippen LogP contribution is -2.34. The number of ether oxygens (including phenoxy) is 1. The minimum atomic E-state index is -0.636. The van der Waals surface area contributed by atoms with Crippen molar-refractivity contribution >= 4 is 11.9 Å². The third-order valence-corrected chi connectivity index (χ3v) is 2.84. The van der Waals surface area contributed by atoms with Crippen molar-refractivity contribution in [3.05, 3.63) is 35.4 Å². The summed E-state index contributed by atoms with van der Waals surface area (Å²) in [6.45, 7) is 3.60. The molecule has 1 rings (SSSR count). The van der Waals surface area contributed by atoms with Gasteiger partial charge in [0, 0.05) is 18.0 Å². The van der Waals surface area contributed by atoms with Gasteiger partial charge in [0.2, 0.25) is 5.91 Å². The van der Waals surface area contributed by atoms with Crippen LogP contribution in [0.1, 0.15) is 32.3 Å². The van der Waals surface area contributed by atoms with Crippen molar-refractivity contribution in [1.82, 2.24) is 5.32 Å². The summed E-state index contributed by atoms with van der Waals surface area (Å²) in [5, 5.41) is 2.60. The van der Waals surface area contributed by atoms with Crippen LogP contribution in [0.15, 0.2) is 18.2 Å². The van der Waals surface area contributed by atoms with Gasteiger partial charge in [-0.3, -0.25) is 9.59 Å². The quantitative estimate of drug-likeness (QED) is 0.786. The monoisotopic (exact) mass is 299 g/mol. The molecular formula is C15H19F2NO3. The normalized spacial score (nSPS) is 11.8. The molecule has 0 aliphatic carbocycles. The van der Waals surface area contributed by atoms with E-state index in [1.165, 1.54) is 18.2 Å². The van der Waals surface area contributed by atoms with Gasteiger partial charge in [0.05, 0.1) is 13.0 Å². The number of rotatable bonds is 7. The minimum absolute atomic E-state index is 0.0110. The molecule has 1 aromatic rings. The molecule has 0 spiro atoms. The molecular weight excluding hydrogens is 280 g/mol. The van der Waals surface area contributed by atoms with Crippen molar-refractivity contribution in [2.75, 3.05) is 6.61 Å². The second-order valence-electron chi connectivity index (χ2n) is 4.68. The number of halogens is 2. The maximum atomic E-state index is 13.5. The van der Waals surface area contributed by atoms with Crippen LogP contribution in [0.3, 0.4) is 0 Å². The molecule has 0 radical (unpaired) electrons. The number of carbonyl (C=O) groups excluding carboxylic acids is 2. The maximum Gasteiger partial charge on any atom is 0.306 e. The van der Waals surface area contributed by atoms with E-state index in [-0.39, 0.29) is 37.3 Å². The number of nitrogens with one attached hydrogen (secondary N) is 1. The van der Waals surface area contributed by atoms with Gasteiger partial charge in [0.1, 0.15) is 11.6 Å². The first-order valence-electron chi connectivity index (χ1n) is 6.82. The van der Waals surface area contributed by atoms with Gasteiger partial charge in [-0.25, -0.2) is 8.78 Å². The lowest BCUT2D eigenvalue weighted by molar-refractivity contribution is -0.144. The molecule has 1 amide bonds. The van der Waals surface area contributed by atoms with Crippen LogP contribution in [-0.4, -0.2) is 24.5 Å². The number of hydrogen-bond donors (Lipinski definition) is 1. The highest BCUT2D eigenvalue weighted by atomic mass is 19.1. The standard InChI is InChI=1S/C15H19F2NO3/c1-3-21-15(20)8-7-14(19)18-10(2)9-11-12(16)5-4-6-13(11)17/h4-6,10H,3,7-9H2,1-2H3,(H,18,19). The summed E-state index contributed by atoms with van der Waals surface area (Å²) in [7, 11) is 0. The molecule has 1 unspecified atom stereocenters. The van der Waals surface area contributed by atoms with E-state index in [2.05, 4.69) is 5.32 Å². The topological polar surface area (TPSA) is 55.4 Å². The molecule has 21 heavy (non-hydrogen) atoms. The summed E-state index contributed by atoms with van der Waals surface area (Å²) in [6, 6.07) is 3.20. The van der Waals surface area contributed by atoms with Crippen molar-refractivity contribution in [2.45, 2.75) is 39.2 Å². The molecule has 6 heteroatoms. The Labute approximate surface area is 122 Å². The Morgan fingerprint density at radius 3 is 2.43 bits per heavy atom. The zero-order chi connectivity index (χ0) is 15.8. The molecule has 0 aliphatic rings. The minimum Gasteiger partial charge on any atom is -0.466 e. The number of benzene rings is 1. The van der Waals surface area contributed by atoms with E-state index >= 15 is 0 Å². The Morgan fingerprint density at radius 1 is 1.24 bits per heavy atom. The Hall–Kier alpha value is -1.98. The zero-order valence-electron chi connectivity index (χ0n) is 12.1. The average molecular weight is 299 g/mol. The third-order valence-electron chi connectivity index (χ3n) is 2.84. The fourth-order valence-electron chi connectivity index (χ4n) is 1.88. The molecule has 0 saturated carbocycles. The molecule has 0 bridgehead atoms. The van der Waals surface area contributed by atoms with E-state index in [0.717, 1.165) is 0 Å². The van der Waals surface area contributed by atoms with E-state index in [0.29, 0.717) is 0 Å². The fraction of sp³-hybridized carbons (Fsp3) is 0.467. The van der Waals surface area contributed by atoms with E-state index in [4.69, 9.17) is 4.74 Å². The Morgan fingerprint density at radius 2 is 1.86 bits per heavy atom. The number of esters is 1. The van der Waals surface area contributed by atoms with Gasteiger partial charge in [-0.05, 0) is 32.4 Å². The Balaban J connectivity index is 2.44. The predicted octanol–water partition coefficient (Wildman–Crippen LogP) is 2.36. The number of hydrogen-bond acceptors (Lipinski definition) is 3. The highest BCUT2D eigenvalue weighted by molar-refractivity contribution is 5.81. The van der Waals surface area contributed by atoms with Gasteiger partial charge >= 0.3 is 5.97 Å². The van der Waals surface area contributed by atoms with Gasteiger partial charge in [-0.2, -0.15) is 0 Å². The van der Waals surface area contributed by atoms with Gasteiger partial charge in [0.15, 0.2) is 0 Å². The average Bonchev–Trinajstić information content (AvgIpc) is 2.41. The molecule has 0 aliphatic heterocycles. The summed E-state index contributed by atoms with van der Waals surface area (Å²) in [5.74, 6) is -2.07. The molecule has 4 nitrogen and oxygen atoms in total. The first kappa shape index (κ1) is 17.1. The van der Waals surface area contributed by atoms with Gasteiger partial charge in [-0.1, -0.05) is 6.07 Å². The van der Waals surface area contributed by atoms with E-state index in [1.54, 1.807) is 13.8 Å². The number of carbonyl (C=O) groups is 2. The fourth-order valence-corrected chi connectivity index (χ4v) is 1.88. The summed E-state index contributed by atoms with van der Waals surface area (Å²) in [5.41, 5.74) is -0.0595. The second-order valence-corrected chi connectivity index (χ2v) is 4.68. The molecule has 0 fully saturated rings. The van der Waals surface area contributed by atoms with E-state index in [1.807, 2.05) is 0 Å². The van der Waals surface area contributed by atoms with Crippen molar-refractivity contribution in [1.29, 1.82) is 0 Å². The van der Waals surface area contributed by atoms with Crippen LogP contribution in [-0.2, 0) is 20.7 Å². The molecule has 0 saturated heterocycles. The van der Waals surface area contributed by atoms with E-state index < -0.39 is 23.6 Å². The van der Waals surface area contributed by atoms with Crippen LogP contribution in [0, 0.1) is 11.6 Å². The smallest absolute Gasteiger partial charge is 0.306 e. The first-order chi connectivity index (χ1) is 9.93. The lowest BCUT2D eigenvalue weighted by Gasteiger charge is -2.14. The van der Waals surface area contributed by atoms with Gasteiger partial charge < -0.3 is 10.1 Å². The van der Waals surface area contributed by atoms with E-state index in [9.17, 15) is 18.4 Å². The highest BCUT2D eigenvalue weighted by Gasteiger charge is 2.15. The molecule has 0 heterocycles. The van der Waals surface area contributed by atoms with Crippen LogP contribution in [0.5, 0.6) is 0 Å². The Bertz CT molecular complexity index is 485. The maximum absolute atomic E-state index is 13.5. The first-order valence-corrected chi connectivity index (χ1v) is 6.82. The predicted molar refractivity (Wildman–Crippen MR) is 73.5 cm³/mol. The van der Waals surface area contributed by atoms with Gasteiger partial charge in [0.25, 0.3) is 0 Å². The van der Waals surface area contributed by atoms with Crippen molar-refractivity contribution in [3.63, 3.8) is 0 Å². The summed E-state index contributed by atoms with van der Waals surface area (Å²) < 4.78 is 31.7. The third kappa shape index (κ3) is 5.89. The van der Waals surface area contributed by atoms with Crippen LogP contribution < -0.4 is 5.32 Å². The molecule has 1 atom stereocenters. The second kappa shape index (κ2) is 8.34.